The van der Waals surface area contributed by atoms with Crippen LogP contribution in [0.1, 0.15) is 19.3 Å². The first-order chi connectivity index (χ1) is 7.25. The van der Waals surface area contributed by atoms with Gasteiger partial charge in [-0.1, -0.05) is 6.42 Å². The van der Waals surface area contributed by atoms with Crippen molar-refractivity contribution in [1.29, 1.82) is 0 Å². The lowest BCUT2D eigenvalue weighted by Gasteiger charge is -2.15. The molecular formula is C11H17N3O. The molecule has 1 aliphatic rings. The Hall–Kier alpha value is -1.29. The van der Waals surface area contributed by atoms with Crippen molar-refractivity contribution in [3.8, 4) is 0 Å². The molecule has 0 spiro atoms. The summed E-state index contributed by atoms with van der Waals surface area (Å²) in [4.78, 5) is 4.15. The van der Waals surface area contributed by atoms with Crippen LogP contribution in [0.25, 0.3) is 0 Å². The van der Waals surface area contributed by atoms with Crippen LogP contribution in [0.5, 0.6) is 0 Å². The number of aliphatic hydroxyl groups excluding tert-OH is 1. The van der Waals surface area contributed by atoms with Crippen molar-refractivity contribution < 1.29 is 5.11 Å². The molecule has 15 heavy (non-hydrogen) atoms. The molecule has 0 aliphatic heterocycles. The van der Waals surface area contributed by atoms with E-state index >= 15 is 0 Å². The van der Waals surface area contributed by atoms with E-state index in [9.17, 15) is 5.11 Å². The SMILES string of the molecule is Nc1ccnc(NCC2CCCC2O)c1. The monoisotopic (exact) mass is 207 g/mol. The lowest BCUT2D eigenvalue weighted by molar-refractivity contribution is 0.138. The maximum atomic E-state index is 9.64. The van der Waals surface area contributed by atoms with Crippen LogP contribution in [0.3, 0.4) is 0 Å². The molecule has 0 amide bonds. The average Bonchev–Trinajstić information content (AvgIpc) is 2.61. The average molecular weight is 207 g/mol. The van der Waals surface area contributed by atoms with Crippen LogP contribution in [0.4, 0.5) is 11.5 Å². The molecule has 1 saturated carbocycles. The Balaban J connectivity index is 1.87. The summed E-state index contributed by atoms with van der Waals surface area (Å²) in [6, 6.07) is 3.57. The Morgan fingerprint density at radius 3 is 3.07 bits per heavy atom. The maximum absolute atomic E-state index is 9.64. The quantitative estimate of drug-likeness (QED) is 0.697. The number of pyridine rings is 1. The van der Waals surface area contributed by atoms with Gasteiger partial charge in [0.25, 0.3) is 0 Å². The van der Waals surface area contributed by atoms with Gasteiger partial charge in [-0.25, -0.2) is 4.98 Å². The second kappa shape index (κ2) is 4.49. The summed E-state index contributed by atoms with van der Waals surface area (Å²) in [7, 11) is 0. The van der Waals surface area contributed by atoms with Gasteiger partial charge in [-0.15, -0.1) is 0 Å². The molecule has 1 heterocycles. The lowest BCUT2D eigenvalue weighted by Crippen LogP contribution is -2.22. The minimum atomic E-state index is -0.154. The Bertz CT molecular complexity index is 329. The molecule has 4 heteroatoms. The zero-order valence-electron chi connectivity index (χ0n) is 8.69. The molecule has 4 nitrogen and oxygen atoms in total. The fourth-order valence-electron chi connectivity index (χ4n) is 2.03. The summed E-state index contributed by atoms with van der Waals surface area (Å²) < 4.78 is 0. The number of aromatic nitrogens is 1. The number of hydrogen-bond acceptors (Lipinski definition) is 4. The van der Waals surface area contributed by atoms with E-state index in [1.165, 1.54) is 0 Å². The van der Waals surface area contributed by atoms with Crippen LogP contribution in [-0.2, 0) is 0 Å². The van der Waals surface area contributed by atoms with Crippen molar-refractivity contribution in [3.05, 3.63) is 18.3 Å². The molecule has 1 aliphatic carbocycles. The Morgan fingerprint density at radius 1 is 1.53 bits per heavy atom. The van der Waals surface area contributed by atoms with Gasteiger partial charge in [-0.3, -0.25) is 0 Å². The highest BCUT2D eigenvalue weighted by Gasteiger charge is 2.24. The third-order valence-electron chi connectivity index (χ3n) is 2.95. The summed E-state index contributed by atoms with van der Waals surface area (Å²) >= 11 is 0. The van der Waals surface area contributed by atoms with E-state index in [4.69, 9.17) is 5.73 Å². The predicted molar refractivity (Wildman–Crippen MR) is 60.5 cm³/mol. The van der Waals surface area contributed by atoms with Crippen molar-refractivity contribution in [1.82, 2.24) is 4.98 Å². The number of nitrogens with two attached hydrogens (primary N) is 1. The predicted octanol–water partition coefficient (Wildman–Crippen LogP) is 1.24. The zero-order chi connectivity index (χ0) is 10.7. The molecule has 2 unspecified atom stereocenters. The third-order valence-corrected chi connectivity index (χ3v) is 2.95. The van der Waals surface area contributed by atoms with Gasteiger partial charge < -0.3 is 16.2 Å². The fourth-order valence-corrected chi connectivity index (χ4v) is 2.03. The summed E-state index contributed by atoms with van der Waals surface area (Å²) in [6.45, 7) is 0.775. The van der Waals surface area contributed by atoms with Crippen molar-refractivity contribution in [2.24, 2.45) is 5.92 Å². The number of anilines is 2. The number of aliphatic hydroxyl groups is 1. The molecule has 1 aromatic rings. The highest BCUT2D eigenvalue weighted by atomic mass is 16.3. The second-order valence-corrected chi connectivity index (χ2v) is 4.11. The van der Waals surface area contributed by atoms with Gasteiger partial charge in [0.1, 0.15) is 5.82 Å². The normalized spacial score (nSPS) is 25.4. The number of hydrogen-bond donors (Lipinski definition) is 3. The summed E-state index contributed by atoms with van der Waals surface area (Å²) in [6.07, 6.45) is 4.67. The summed E-state index contributed by atoms with van der Waals surface area (Å²) in [5, 5.41) is 12.8. The maximum Gasteiger partial charge on any atom is 0.127 e. The largest absolute Gasteiger partial charge is 0.399 e. The molecule has 4 N–H and O–H groups in total. The van der Waals surface area contributed by atoms with Crippen molar-refractivity contribution in [3.63, 3.8) is 0 Å². The van der Waals surface area contributed by atoms with Crippen molar-refractivity contribution >= 4 is 11.5 Å². The molecule has 0 radical (unpaired) electrons. The van der Waals surface area contributed by atoms with Gasteiger partial charge in [0.05, 0.1) is 6.10 Å². The first kappa shape index (κ1) is 10.2. The summed E-state index contributed by atoms with van der Waals surface area (Å²) in [5.41, 5.74) is 6.35. The van der Waals surface area contributed by atoms with Crippen LogP contribution in [0, 0.1) is 5.92 Å². The molecule has 1 fully saturated rings. The van der Waals surface area contributed by atoms with E-state index in [0.29, 0.717) is 11.6 Å². The first-order valence-corrected chi connectivity index (χ1v) is 5.39. The molecule has 2 atom stereocenters. The molecule has 0 saturated heterocycles. The van der Waals surface area contributed by atoms with Crippen LogP contribution >= 0.6 is 0 Å². The van der Waals surface area contributed by atoms with Crippen LogP contribution in [0.15, 0.2) is 18.3 Å². The molecule has 0 aromatic carbocycles. The lowest BCUT2D eigenvalue weighted by atomic mass is 10.1. The van der Waals surface area contributed by atoms with Gasteiger partial charge in [0, 0.05) is 30.4 Å². The minimum Gasteiger partial charge on any atom is -0.399 e. The van der Waals surface area contributed by atoms with Crippen LogP contribution < -0.4 is 11.1 Å². The van der Waals surface area contributed by atoms with Crippen LogP contribution in [0.2, 0.25) is 0 Å². The first-order valence-electron chi connectivity index (χ1n) is 5.39. The van der Waals surface area contributed by atoms with E-state index in [2.05, 4.69) is 10.3 Å². The van der Waals surface area contributed by atoms with Gasteiger partial charge in [-0.05, 0) is 18.9 Å². The topological polar surface area (TPSA) is 71.2 Å². The zero-order valence-corrected chi connectivity index (χ0v) is 8.69. The standard InChI is InChI=1S/C11H17N3O/c12-9-4-5-13-11(6-9)14-7-8-2-1-3-10(8)15/h4-6,8,10,15H,1-3,7H2,(H3,12,13,14). The van der Waals surface area contributed by atoms with E-state index in [1.54, 1.807) is 18.3 Å². The van der Waals surface area contributed by atoms with E-state index < -0.39 is 0 Å². The summed E-state index contributed by atoms with van der Waals surface area (Å²) in [5.74, 6) is 1.14. The fraction of sp³-hybridized carbons (Fsp3) is 0.545. The van der Waals surface area contributed by atoms with Crippen molar-refractivity contribution in [2.45, 2.75) is 25.4 Å². The molecule has 1 aromatic heterocycles. The molecule has 2 rings (SSSR count). The van der Waals surface area contributed by atoms with E-state index in [1.807, 2.05) is 0 Å². The van der Waals surface area contributed by atoms with Gasteiger partial charge in [0.2, 0.25) is 0 Å². The second-order valence-electron chi connectivity index (χ2n) is 4.11. The number of nitrogen functional groups attached to an aromatic ring is 1. The minimum absolute atomic E-state index is 0.154. The highest BCUT2D eigenvalue weighted by Crippen LogP contribution is 2.25. The Morgan fingerprint density at radius 2 is 2.40 bits per heavy atom. The van der Waals surface area contributed by atoms with Gasteiger partial charge in [0.15, 0.2) is 0 Å². The highest BCUT2D eigenvalue weighted by molar-refractivity contribution is 5.48. The molecule has 82 valence electrons. The Labute approximate surface area is 89.5 Å². The van der Waals surface area contributed by atoms with Crippen LogP contribution in [-0.4, -0.2) is 22.7 Å². The third kappa shape index (κ3) is 2.59. The number of rotatable bonds is 3. The molecule has 0 bridgehead atoms. The van der Waals surface area contributed by atoms with Gasteiger partial charge in [-0.2, -0.15) is 0 Å². The van der Waals surface area contributed by atoms with Gasteiger partial charge >= 0.3 is 0 Å². The number of nitrogens with zero attached hydrogens (tertiary/aromatic N) is 1. The molecular weight excluding hydrogens is 190 g/mol. The van der Waals surface area contributed by atoms with E-state index in [0.717, 1.165) is 31.6 Å². The Kier molecular flexibility index (Phi) is 3.06. The number of nitrogens with one attached hydrogen (secondary N) is 1. The van der Waals surface area contributed by atoms with E-state index in [-0.39, 0.29) is 6.10 Å². The smallest absolute Gasteiger partial charge is 0.127 e. The van der Waals surface area contributed by atoms with Crippen molar-refractivity contribution in [2.75, 3.05) is 17.6 Å².